The number of halogens is 3. The lowest BCUT2D eigenvalue weighted by molar-refractivity contribution is -0.137. The monoisotopic (exact) mass is 370 g/mol. The van der Waals surface area contributed by atoms with E-state index in [2.05, 4.69) is 10.3 Å². The fraction of sp³-hybridized carbons (Fsp3) is 0.294. The van der Waals surface area contributed by atoms with Crippen LogP contribution in [0.1, 0.15) is 16.7 Å². The van der Waals surface area contributed by atoms with Crippen molar-refractivity contribution in [1.29, 1.82) is 0 Å². The highest BCUT2D eigenvalue weighted by atomic mass is 32.2. The summed E-state index contributed by atoms with van der Waals surface area (Å²) < 4.78 is 42.5. The van der Waals surface area contributed by atoms with Crippen LogP contribution in [0.25, 0.3) is 0 Å². The van der Waals surface area contributed by atoms with E-state index in [0.717, 1.165) is 35.2 Å². The molecule has 0 saturated heterocycles. The van der Waals surface area contributed by atoms with Gasteiger partial charge in [0.15, 0.2) is 0 Å². The van der Waals surface area contributed by atoms with Crippen LogP contribution in [0, 0.1) is 0 Å². The van der Waals surface area contributed by atoms with E-state index in [0.29, 0.717) is 18.2 Å². The number of nitrogens with zero attached hydrogens (tertiary/aromatic N) is 1. The number of alkyl halides is 3. The Morgan fingerprint density at radius 1 is 1.20 bits per heavy atom. The molecule has 0 aliphatic heterocycles. The van der Waals surface area contributed by atoms with Crippen molar-refractivity contribution in [3.05, 3.63) is 59.3 Å². The number of rotatable bonds is 7. The van der Waals surface area contributed by atoms with Crippen molar-refractivity contribution in [2.24, 2.45) is 0 Å². The van der Waals surface area contributed by atoms with Crippen molar-refractivity contribution >= 4 is 17.7 Å². The van der Waals surface area contributed by atoms with Gasteiger partial charge < -0.3 is 10.1 Å². The third kappa shape index (κ3) is 6.06. The Labute approximate surface area is 147 Å². The van der Waals surface area contributed by atoms with Crippen LogP contribution < -0.4 is 5.32 Å². The van der Waals surface area contributed by atoms with Crippen LogP contribution in [0.2, 0.25) is 0 Å². The van der Waals surface area contributed by atoms with Gasteiger partial charge >= 0.3 is 6.18 Å². The molecule has 0 aliphatic rings. The number of pyridine rings is 1. The van der Waals surface area contributed by atoms with E-state index in [-0.39, 0.29) is 11.7 Å². The highest BCUT2D eigenvalue weighted by Crippen LogP contribution is 2.29. The molecule has 0 radical (unpaired) electrons. The third-order valence-electron chi connectivity index (χ3n) is 3.31. The zero-order valence-corrected chi connectivity index (χ0v) is 14.3. The van der Waals surface area contributed by atoms with E-state index < -0.39 is 11.7 Å². The molecular weight excluding hydrogens is 353 g/mol. The summed E-state index contributed by atoms with van der Waals surface area (Å²) in [4.78, 5) is 15.6. The summed E-state index contributed by atoms with van der Waals surface area (Å²) in [6, 6.07) is 9.81. The lowest BCUT2D eigenvalue weighted by Crippen LogP contribution is -2.25. The van der Waals surface area contributed by atoms with Gasteiger partial charge in [-0.1, -0.05) is 36.0 Å². The molecule has 1 aromatic heterocycles. The first-order valence-electron chi connectivity index (χ1n) is 7.38. The van der Waals surface area contributed by atoms with Crippen LogP contribution >= 0.6 is 11.8 Å². The molecule has 0 fully saturated rings. The van der Waals surface area contributed by atoms with E-state index >= 15 is 0 Å². The van der Waals surface area contributed by atoms with Crippen LogP contribution in [0.15, 0.2) is 47.6 Å². The molecule has 1 aromatic carbocycles. The quantitative estimate of drug-likeness (QED) is 0.756. The number of hydrogen-bond donors (Lipinski definition) is 1. The van der Waals surface area contributed by atoms with Crippen molar-refractivity contribution in [2.75, 3.05) is 12.9 Å². The number of thioether (sulfide) groups is 1. The Morgan fingerprint density at radius 2 is 1.92 bits per heavy atom. The fourth-order valence-electron chi connectivity index (χ4n) is 2.04. The Balaban J connectivity index is 1.83. The standard InChI is InChI=1S/C17H17F3N2O2S/c1-24-10-13-5-3-2-4-12(13)8-21-15(23)11-25-16-7-6-14(9-22-16)17(18,19)20/h2-7,9H,8,10-11H2,1H3,(H,21,23). The topological polar surface area (TPSA) is 51.2 Å². The molecule has 0 bridgehead atoms. The van der Waals surface area contributed by atoms with Crippen LogP contribution in [0.4, 0.5) is 13.2 Å². The summed E-state index contributed by atoms with van der Waals surface area (Å²) >= 11 is 1.08. The van der Waals surface area contributed by atoms with Gasteiger partial charge in [0.05, 0.1) is 22.9 Å². The molecule has 1 heterocycles. The Kier molecular flexibility index (Phi) is 6.83. The van der Waals surface area contributed by atoms with Gasteiger partial charge in [-0.2, -0.15) is 13.2 Å². The predicted octanol–water partition coefficient (Wildman–Crippen LogP) is 3.66. The normalized spacial score (nSPS) is 11.4. The molecule has 25 heavy (non-hydrogen) atoms. The second-order valence-electron chi connectivity index (χ2n) is 5.15. The Morgan fingerprint density at radius 3 is 2.52 bits per heavy atom. The van der Waals surface area contributed by atoms with Crippen LogP contribution in [0.3, 0.4) is 0 Å². The van der Waals surface area contributed by atoms with E-state index in [1.54, 1.807) is 7.11 Å². The highest BCUT2D eigenvalue weighted by Gasteiger charge is 2.30. The molecule has 4 nitrogen and oxygen atoms in total. The number of methoxy groups -OCH3 is 1. The number of carbonyl (C=O) groups is 1. The highest BCUT2D eigenvalue weighted by molar-refractivity contribution is 7.99. The van der Waals surface area contributed by atoms with Crippen molar-refractivity contribution in [3.8, 4) is 0 Å². The van der Waals surface area contributed by atoms with Gasteiger partial charge in [0.25, 0.3) is 0 Å². The zero-order valence-electron chi connectivity index (χ0n) is 13.5. The molecule has 0 atom stereocenters. The molecule has 0 spiro atoms. The molecule has 2 rings (SSSR count). The largest absolute Gasteiger partial charge is 0.417 e. The van der Waals surface area contributed by atoms with Gasteiger partial charge in [0, 0.05) is 19.9 Å². The first kappa shape index (κ1) is 19.3. The van der Waals surface area contributed by atoms with Gasteiger partial charge in [-0.25, -0.2) is 4.98 Å². The zero-order chi connectivity index (χ0) is 18.3. The molecular formula is C17H17F3N2O2S. The molecule has 1 amide bonds. The molecule has 2 aromatic rings. The minimum atomic E-state index is -4.41. The molecule has 1 N–H and O–H groups in total. The minimum Gasteiger partial charge on any atom is -0.380 e. The van der Waals surface area contributed by atoms with Gasteiger partial charge in [0.2, 0.25) is 5.91 Å². The molecule has 134 valence electrons. The van der Waals surface area contributed by atoms with Crippen molar-refractivity contribution in [2.45, 2.75) is 24.4 Å². The van der Waals surface area contributed by atoms with E-state index in [1.807, 2.05) is 24.3 Å². The summed E-state index contributed by atoms with van der Waals surface area (Å²) in [7, 11) is 1.60. The Bertz CT molecular complexity index is 706. The SMILES string of the molecule is COCc1ccccc1CNC(=O)CSc1ccc(C(F)(F)F)cn1. The predicted molar refractivity (Wildman–Crippen MR) is 89.0 cm³/mol. The summed E-state index contributed by atoms with van der Waals surface area (Å²) in [5.74, 6) is -0.149. The maximum Gasteiger partial charge on any atom is 0.417 e. The average Bonchev–Trinajstić information content (AvgIpc) is 2.59. The smallest absolute Gasteiger partial charge is 0.380 e. The minimum absolute atomic E-state index is 0.0742. The molecule has 8 heteroatoms. The number of aromatic nitrogens is 1. The van der Waals surface area contributed by atoms with Gasteiger partial charge in [0.1, 0.15) is 0 Å². The maximum absolute atomic E-state index is 12.5. The molecule has 0 unspecified atom stereocenters. The summed E-state index contributed by atoms with van der Waals surface area (Å²) in [6.07, 6.45) is -3.65. The van der Waals surface area contributed by atoms with Gasteiger partial charge in [-0.05, 0) is 23.3 Å². The summed E-state index contributed by atoms with van der Waals surface area (Å²) in [5.41, 5.74) is 1.13. The number of nitrogens with one attached hydrogen (secondary N) is 1. The van der Waals surface area contributed by atoms with Crippen molar-refractivity contribution in [1.82, 2.24) is 10.3 Å². The number of ether oxygens (including phenoxy) is 1. The van der Waals surface area contributed by atoms with E-state index in [1.165, 1.54) is 6.07 Å². The van der Waals surface area contributed by atoms with Crippen LogP contribution in [-0.4, -0.2) is 23.8 Å². The van der Waals surface area contributed by atoms with Gasteiger partial charge in [-0.15, -0.1) is 0 Å². The lowest BCUT2D eigenvalue weighted by atomic mass is 10.1. The number of hydrogen-bond acceptors (Lipinski definition) is 4. The van der Waals surface area contributed by atoms with E-state index in [4.69, 9.17) is 4.74 Å². The van der Waals surface area contributed by atoms with Crippen LogP contribution in [-0.2, 0) is 28.9 Å². The first-order chi connectivity index (χ1) is 11.9. The van der Waals surface area contributed by atoms with Crippen molar-refractivity contribution < 1.29 is 22.7 Å². The lowest BCUT2D eigenvalue weighted by Gasteiger charge is -2.10. The number of amides is 1. The molecule has 0 aliphatic carbocycles. The first-order valence-corrected chi connectivity index (χ1v) is 8.37. The third-order valence-corrected chi connectivity index (χ3v) is 4.25. The average molecular weight is 370 g/mol. The number of benzene rings is 1. The summed E-state index contributed by atoms with van der Waals surface area (Å²) in [6.45, 7) is 0.815. The van der Waals surface area contributed by atoms with E-state index in [9.17, 15) is 18.0 Å². The van der Waals surface area contributed by atoms with Crippen LogP contribution in [0.5, 0.6) is 0 Å². The molecule has 0 saturated carbocycles. The summed E-state index contributed by atoms with van der Waals surface area (Å²) in [5, 5.41) is 3.14. The maximum atomic E-state index is 12.5. The number of carbonyl (C=O) groups excluding carboxylic acids is 1. The Hall–Kier alpha value is -2.06. The van der Waals surface area contributed by atoms with Crippen molar-refractivity contribution in [3.63, 3.8) is 0 Å². The van der Waals surface area contributed by atoms with Gasteiger partial charge in [-0.3, -0.25) is 4.79 Å². The fourth-order valence-corrected chi connectivity index (χ4v) is 2.72. The second kappa shape index (κ2) is 8.87. The second-order valence-corrected chi connectivity index (χ2v) is 6.15.